The Morgan fingerprint density at radius 1 is 1.36 bits per heavy atom. The highest BCUT2D eigenvalue weighted by Gasteiger charge is 2.16. The molecule has 6 heteroatoms. The van der Waals surface area contributed by atoms with E-state index in [2.05, 4.69) is 10.6 Å². The van der Waals surface area contributed by atoms with Gasteiger partial charge >= 0.3 is 0 Å². The fourth-order valence-electron chi connectivity index (χ4n) is 2.29. The summed E-state index contributed by atoms with van der Waals surface area (Å²) < 4.78 is 11.3. The maximum Gasteiger partial charge on any atom is 0.225 e. The Balaban J connectivity index is 0.00000242. The molecule has 0 unspecified atom stereocenters. The van der Waals surface area contributed by atoms with Gasteiger partial charge in [0.15, 0.2) is 0 Å². The van der Waals surface area contributed by atoms with Gasteiger partial charge in [-0.1, -0.05) is 0 Å². The number of anilines is 1. The number of ether oxygens (including phenoxy) is 2. The molecule has 1 aliphatic rings. The molecule has 1 saturated heterocycles. The van der Waals surface area contributed by atoms with E-state index in [9.17, 15) is 4.79 Å². The minimum atomic E-state index is 0. The number of amides is 1. The van der Waals surface area contributed by atoms with E-state index in [4.69, 9.17) is 9.47 Å². The van der Waals surface area contributed by atoms with Crippen molar-refractivity contribution in [2.75, 3.05) is 32.1 Å². The van der Waals surface area contributed by atoms with E-state index in [0.717, 1.165) is 43.1 Å². The number of rotatable bonds is 6. The minimum Gasteiger partial charge on any atom is -0.490 e. The second kappa shape index (κ2) is 9.66. The number of carbonyl (C=O) groups excluding carboxylic acids is 1. The van der Waals surface area contributed by atoms with Crippen molar-refractivity contribution in [2.24, 2.45) is 0 Å². The highest BCUT2D eigenvalue weighted by atomic mass is 35.5. The maximum atomic E-state index is 11.7. The molecular weight excluding hydrogens is 304 g/mol. The van der Waals surface area contributed by atoms with Crippen molar-refractivity contribution in [1.82, 2.24) is 5.32 Å². The SMILES string of the molecule is CNCCC(=O)Nc1ccc(OC2CCOCC2)c(C)c1.Cl. The fourth-order valence-corrected chi connectivity index (χ4v) is 2.29. The largest absolute Gasteiger partial charge is 0.490 e. The zero-order valence-electron chi connectivity index (χ0n) is 13.2. The Labute approximate surface area is 138 Å². The maximum absolute atomic E-state index is 11.7. The quantitative estimate of drug-likeness (QED) is 0.842. The molecule has 0 radical (unpaired) electrons. The van der Waals surface area contributed by atoms with Gasteiger partial charge in [0.2, 0.25) is 5.91 Å². The smallest absolute Gasteiger partial charge is 0.225 e. The first kappa shape index (κ1) is 18.7. The molecule has 1 amide bonds. The number of halogens is 1. The summed E-state index contributed by atoms with van der Waals surface area (Å²) in [6, 6.07) is 5.77. The third-order valence-corrected chi connectivity index (χ3v) is 3.52. The number of carbonyl (C=O) groups is 1. The normalized spacial score (nSPS) is 15.0. The Bertz CT molecular complexity index is 476. The van der Waals surface area contributed by atoms with Crippen molar-refractivity contribution in [2.45, 2.75) is 32.3 Å². The molecule has 0 aliphatic carbocycles. The van der Waals surface area contributed by atoms with Gasteiger partial charge in [0.1, 0.15) is 11.9 Å². The highest BCUT2D eigenvalue weighted by Crippen LogP contribution is 2.25. The molecule has 2 N–H and O–H groups in total. The Morgan fingerprint density at radius 2 is 2.09 bits per heavy atom. The zero-order chi connectivity index (χ0) is 15.1. The molecule has 1 aromatic rings. The fraction of sp³-hybridized carbons (Fsp3) is 0.562. The summed E-state index contributed by atoms with van der Waals surface area (Å²) in [7, 11) is 1.83. The summed E-state index contributed by atoms with van der Waals surface area (Å²) in [5, 5.41) is 5.85. The predicted molar refractivity (Wildman–Crippen MR) is 90.1 cm³/mol. The van der Waals surface area contributed by atoms with E-state index in [1.807, 2.05) is 32.2 Å². The topological polar surface area (TPSA) is 59.6 Å². The van der Waals surface area contributed by atoms with Crippen LogP contribution in [0, 0.1) is 6.92 Å². The van der Waals surface area contributed by atoms with Crippen LogP contribution in [-0.4, -0.2) is 38.8 Å². The van der Waals surface area contributed by atoms with Gasteiger partial charge in [0, 0.05) is 31.5 Å². The molecule has 0 saturated carbocycles. The number of hydrogen-bond acceptors (Lipinski definition) is 4. The summed E-state index contributed by atoms with van der Waals surface area (Å²) in [4.78, 5) is 11.7. The first-order valence-electron chi connectivity index (χ1n) is 7.48. The average molecular weight is 329 g/mol. The van der Waals surface area contributed by atoms with E-state index in [1.54, 1.807) is 0 Å². The summed E-state index contributed by atoms with van der Waals surface area (Å²) in [5.41, 5.74) is 1.85. The molecule has 1 fully saturated rings. The van der Waals surface area contributed by atoms with E-state index < -0.39 is 0 Å². The van der Waals surface area contributed by atoms with Crippen molar-refractivity contribution >= 4 is 24.0 Å². The molecule has 0 bridgehead atoms. The van der Waals surface area contributed by atoms with Gasteiger partial charge in [-0.25, -0.2) is 0 Å². The number of benzene rings is 1. The lowest BCUT2D eigenvalue weighted by Crippen LogP contribution is -2.26. The highest BCUT2D eigenvalue weighted by molar-refractivity contribution is 5.91. The van der Waals surface area contributed by atoms with Crippen LogP contribution < -0.4 is 15.4 Å². The van der Waals surface area contributed by atoms with Crippen molar-refractivity contribution < 1.29 is 14.3 Å². The molecular formula is C16H25ClN2O3. The Hall–Kier alpha value is -1.30. The monoisotopic (exact) mass is 328 g/mol. The molecule has 124 valence electrons. The summed E-state index contributed by atoms with van der Waals surface area (Å²) >= 11 is 0. The lowest BCUT2D eigenvalue weighted by atomic mass is 10.1. The molecule has 22 heavy (non-hydrogen) atoms. The Kier molecular flexibility index (Phi) is 8.24. The predicted octanol–water partition coefficient (Wildman–Crippen LogP) is 2.52. The summed E-state index contributed by atoms with van der Waals surface area (Å²) in [5.74, 6) is 0.900. The van der Waals surface area contributed by atoms with Gasteiger partial charge in [-0.05, 0) is 37.7 Å². The Morgan fingerprint density at radius 3 is 2.73 bits per heavy atom. The van der Waals surface area contributed by atoms with Gasteiger partial charge in [0.05, 0.1) is 13.2 Å². The molecule has 0 atom stereocenters. The first-order valence-corrected chi connectivity index (χ1v) is 7.48. The van der Waals surface area contributed by atoms with Crippen LogP contribution in [0.4, 0.5) is 5.69 Å². The molecule has 5 nitrogen and oxygen atoms in total. The minimum absolute atomic E-state index is 0. The van der Waals surface area contributed by atoms with E-state index in [0.29, 0.717) is 13.0 Å². The van der Waals surface area contributed by atoms with Crippen LogP contribution in [0.25, 0.3) is 0 Å². The van der Waals surface area contributed by atoms with Crippen LogP contribution in [0.5, 0.6) is 5.75 Å². The van der Waals surface area contributed by atoms with Crippen LogP contribution in [0.15, 0.2) is 18.2 Å². The summed E-state index contributed by atoms with van der Waals surface area (Å²) in [6.45, 7) is 4.21. The number of hydrogen-bond donors (Lipinski definition) is 2. The van der Waals surface area contributed by atoms with Crippen LogP contribution >= 0.6 is 12.4 Å². The molecule has 0 spiro atoms. The van der Waals surface area contributed by atoms with Crippen molar-refractivity contribution in [3.63, 3.8) is 0 Å². The zero-order valence-corrected chi connectivity index (χ0v) is 14.0. The van der Waals surface area contributed by atoms with E-state index in [1.165, 1.54) is 0 Å². The molecule has 0 aromatic heterocycles. The number of nitrogens with one attached hydrogen (secondary N) is 2. The lowest BCUT2D eigenvalue weighted by molar-refractivity contribution is -0.116. The lowest BCUT2D eigenvalue weighted by Gasteiger charge is -2.24. The third-order valence-electron chi connectivity index (χ3n) is 3.52. The van der Waals surface area contributed by atoms with Gasteiger partial charge < -0.3 is 20.1 Å². The van der Waals surface area contributed by atoms with E-state index >= 15 is 0 Å². The number of aryl methyl sites for hydroxylation is 1. The van der Waals surface area contributed by atoms with Crippen LogP contribution in [-0.2, 0) is 9.53 Å². The third kappa shape index (κ3) is 5.83. The molecule has 1 aliphatic heterocycles. The molecule has 1 aromatic carbocycles. The standard InChI is InChI=1S/C16H24N2O3.ClH/c1-12-11-13(18-16(19)5-8-17-2)3-4-15(12)21-14-6-9-20-10-7-14;/h3-4,11,14,17H,5-10H2,1-2H3,(H,18,19);1H. The van der Waals surface area contributed by atoms with Gasteiger partial charge in [-0.3, -0.25) is 4.79 Å². The summed E-state index contributed by atoms with van der Waals surface area (Å²) in [6.07, 6.45) is 2.56. The second-order valence-corrected chi connectivity index (χ2v) is 5.31. The van der Waals surface area contributed by atoms with Crippen LogP contribution in [0.2, 0.25) is 0 Å². The molecule has 1 heterocycles. The van der Waals surface area contributed by atoms with Crippen LogP contribution in [0.1, 0.15) is 24.8 Å². The van der Waals surface area contributed by atoms with Gasteiger partial charge in [0.25, 0.3) is 0 Å². The van der Waals surface area contributed by atoms with E-state index in [-0.39, 0.29) is 24.4 Å². The van der Waals surface area contributed by atoms with Crippen molar-refractivity contribution in [3.05, 3.63) is 23.8 Å². The van der Waals surface area contributed by atoms with Gasteiger partial charge in [-0.15, -0.1) is 12.4 Å². The van der Waals surface area contributed by atoms with Crippen molar-refractivity contribution in [1.29, 1.82) is 0 Å². The second-order valence-electron chi connectivity index (χ2n) is 5.31. The first-order chi connectivity index (χ1) is 10.2. The van der Waals surface area contributed by atoms with Crippen LogP contribution in [0.3, 0.4) is 0 Å². The average Bonchev–Trinajstić information content (AvgIpc) is 2.49. The van der Waals surface area contributed by atoms with Crippen molar-refractivity contribution in [3.8, 4) is 5.75 Å². The van der Waals surface area contributed by atoms with Gasteiger partial charge in [-0.2, -0.15) is 0 Å². The molecule has 2 rings (SSSR count).